The quantitative estimate of drug-likeness (QED) is 0.0199. The number of guanidine groups is 1. The van der Waals surface area contributed by atoms with Crippen LogP contribution in [0.2, 0.25) is 0 Å². The Labute approximate surface area is 474 Å². The number of aliphatic carboxylic acids is 1. The van der Waals surface area contributed by atoms with Crippen molar-refractivity contribution >= 4 is 70.1 Å². The number of benzene rings is 2. The number of H-pyrrole nitrogens is 1. The molecule has 0 unspecified atom stereocenters. The second-order valence-corrected chi connectivity index (χ2v) is 21.4. The molecule has 1 heterocycles. The van der Waals surface area contributed by atoms with Crippen LogP contribution in [0.25, 0.3) is 10.9 Å². The van der Waals surface area contributed by atoms with Crippen molar-refractivity contribution in [1.82, 2.24) is 47.5 Å². The summed E-state index contributed by atoms with van der Waals surface area (Å²) in [5.41, 5.74) is 30.5. The van der Waals surface area contributed by atoms with E-state index in [0.29, 0.717) is 36.8 Å². The predicted octanol–water partition coefficient (Wildman–Crippen LogP) is -0.457. The van der Waals surface area contributed by atoms with E-state index in [1.54, 1.807) is 78.1 Å². The number of carbonyl (C=O) groups is 9. The third-order valence-corrected chi connectivity index (χ3v) is 13.5. The first kappa shape index (κ1) is 67.6. The monoisotopic (exact) mass is 1130 g/mol. The lowest BCUT2D eigenvalue weighted by Gasteiger charge is -2.29. The van der Waals surface area contributed by atoms with Crippen molar-refractivity contribution in [3.8, 4) is 0 Å². The first-order valence-corrected chi connectivity index (χ1v) is 27.8. The molecule has 3 rings (SSSR count). The molecule has 25 nitrogen and oxygen atoms in total. The highest BCUT2D eigenvalue weighted by Gasteiger charge is 2.36. The molecule has 0 aliphatic rings. The number of aromatic amines is 1. The second kappa shape index (κ2) is 34.5. The molecule has 0 aliphatic heterocycles. The van der Waals surface area contributed by atoms with Crippen LogP contribution in [0, 0.1) is 17.8 Å². The van der Waals surface area contributed by atoms with Gasteiger partial charge in [-0.2, -0.15) is 0 Å². The van der Waals surface area contributed by atoms with Crippen molar-refractivity contribution in [2.24, 2.45) is 51.4 Å². The first-order valence-electron chi connectivity index (χ1n) is 27.8. The average Bonchev–Trinajstić information content (AvgIpc) is 3.85. The van der Waals surface area contributed by atoms with Gasteiger partial charge in [0.2, 0.25) is 47.3 Å². The molecule has 20 N–H and O–H groups in total. The summed E-state index contributed by atoms with van der Waals surface area (Å²) >= 11 is 0. The minimum absolute atomic E-state index is 0.00413. The number of nitrogens with one attached hydrogen (secondary N) is 9. The molecule has 0 radical (unpaired) electrons. The van der Waals surface area contributed by atoms with Gasteiger partial charge in [-0.1, -0.05) is 90.1 Å². The van der Waals surface area contributed by atoms with Crippen LogP contribution in [0.4, 0.5) is 0 Å². The molecule has 0 saturated heterocycles. The summed E-state index contributed by atoms with van der Waals surface area (Å²) in [5, 5.41) is 32.4. The molecule has 0 fully saturated rings. The Kier molecular flexibility index (Phi) is 28.8. The van der Waals surface area contributed by atoms with Gasteiger partial charge < -0.3 is 81.3 Å². The summed E-state index contributed by atoms with van der Waals surface area (Å²) in [6.07, 6.45) is 3.68. The Morgan fingerprint density at radius 2 is 0.901 bits per heavy atom. The molecule has 1 aromatic heterocycles. The number of aromatic nitrogens is 1. The van der Waals surface area contributed by atoms with Crippen molar-refractivity contribution in [2.45, 2.75) is 167 Å². The number of carboxylic acids is 1. The van der Waals surface area contributed by atoms with E-state index < -0.39 is 125 Å². The van der Waals surface area contributed by atoms with Crippen LogP contribution in [-0.2, 0) is 56.0 Å². The van der Waals surface area contributed by atoms with Crippen LogP contribution in [0.15, 0.2) is 65.8 Å². The molecule has 3 aromatic rings. The highest BCUT2D eigenvalue weighted by molar-refractivity contribution is 5.98. The van der Waals surface area contributed by atoms with Crippen molar-refractivity contribution in [3.63, 3.8) is 0 Å². The maximum Gasteiger partial charge on any atom is 0.326 e. The van der Waals surface area contributed by atoms with E-state index in [1.807, 2.05) is 24.3 Å². The van der Waals surface area contributed by atoms with E-state index in [0.717, 1.165) is 10.9 Å². The lowest BCUT2D eigenvalue weighted by molar-refractivity contribution is -0.143. The van der Waals surface area contributed by atoms with Gasteiger partial charge in [0.15, 0.2) is 5.96 Å². The minimum Gasteiger partial charge on any atom is -0.480 e. The number of rotatable bonds is 36. The number of hydrogen-bond acceptors (Lipinski definition) is 13. The maximum absolute atomic E-state index is 14.7. The van der Waals surface area contributed by atoms with E-state index >= 15 is 0 Å². The number of carbonyl (C=O) groups excluding carboxylic acids is 8. The molecule has 81 heavy (non-hydrogen) atoms. The molecule has 0 spiro atoms. The lowest BCUT2D eigenvalue weighted by Crippen LogP contribution is -2.61. The van der Waals surface area contributed by atoms with E-state index in [9.17, 15) is 48.3 Å². The number of hydrogen-bond donors (Lipinski definition) is 15. The molecular formula is C56H89N15O10. The van der Waals surface area contributed by atoms with Crippen LogP contribution in [0.1, 0.15) is 111 Å². The van der Waals surface area contributed by atoms with Gasteiger partial charge in [-0.25, -0.2) is 4.79 Å². The zero-order chi connectivity index (χ0) is 60.3. The smallest absolute Gasteiger partial charge is 0.326 e. The van der Waals surface area contributed by atoms with Crippen LogP contribution >= 0.6 is 0 Å². The van der Waals surface area contributed by atoms with Crippen LogP contribution in [0.5, 0.6) is 0 Å². The zero-order valence-electron chi connectivity index (χ0n) is 47.8. The summed E-state index contributed by atoms with van der Waals surface area (Å²) in [6, 6.07) is 5.20. The number of para-hydroxylation sites is 1. The summed E-state index contributed by atoms with van der Waals surface area (Å²) in [7, 11) is 0. The fraction of sp³-hybridized carbons (Fsp3) is 0.571. The van der Waals surface area contributed by atoms with Crippen molar-refractivity contribution in [2.75, 3.05) is 19.6 Å². The number of nitrogens with two attached hydrogens (primary N) is 5. The molecule has 25 heteroatoms. The number of carboxylic acid groups (broad SMARTS) is 1. The Morgan fingerprint density at radius 3 is 1.40 bits per heavy atom. The van der Waals surface area contributed by atoms with Gasteiger partial charge in [-0.05, 0) is 106 Å². The Bertz CT molecular complexity index is 2570. The van der Waals surface area contributed by atoms with E-state index in [1.165, 1.54) is 6.92 Å². The highest BCUT2D eigenvalue weighted by atomic mass is 16.4. The fourth-order valence-electron chi connectivity index (χ4n) is 8.80. The Balaban J connectivity index is 1.99. The van der Waals surface area contributed by atoms with Gasteiger partial charge in [-0.15, -0.1) is 0 Å². The molecule has 448 valence electrons. The van der Waals surface area contributed by atoms with Gasteiger partial charge in [0.1, 0.15) is 48.3 Å². The summed E-state index contributed by atoms with van der Waals surface area (Å²) in [5.74, 6) is -8.76. The van der Waals surface area contributed by atoms with E-state index in [-0.39, 0.29) is 64.1 Å². The molecule has 9 atom stereocenters. The van der Waals surface area contributed by atoms with E-state index in [4.69, 9.17) is 28.7 Å². The van der Waals surface area contributed by atoms with Crippen molar-refractivity contribution < 1.29 is 48.3 Å². The number of aliphatic imine (C=N–C) groups is 1. The zero-order valence-corrected chi connectivity index (χ0v) is 47.8. The Morgan fingerprint density at radius 1 is 0.494 bits per heavy atom. The van der Waals surface area contributed by atoms with Crippen LogP contribution < -0.4 is 71.2 Å². The normalized spacial score (nSPS) is 14.7. The van der Waals surface area contributed by atoms with Gasteiger partial charge in [0, 0.05) is 36.5 Å². The SMILES string of the molecule is CC(C)[C@H](NC(=O)[C@H](CCCN=C(N)N)NC(=O)[C@H](CCCCN)NC(=O)[C@@H](NC(=O)[C@H](Cc1ccccc1)NC(=O)[C@H](CCCCN)NC(=O)[C@H](Cc1c[nH]c2ccccc12)NC(=O)[C@@H](NC(=O)[C@H](C)N)C(C)C)C(C)C)C(=O)O. The van der Waals surface area contributed by atoms with Crippen molar-refractivity contribution in [1.29, 1.82) is 0 Å². The second-order valence-electron chi connectivity index (χ2n) is 21.4. The molecule has 0 saturated carbocycles. The third-order valence-electron chi connectivity index (χ3n) is 13.5. The molecular weight excluding hydrogens is 1040 g/mol. The lowest BCUT2D eigenvalue weighted by atomic mass is 9.99. The van der Waals surface area contributed by atoms with Crippen LogP contribution in [0.3, 0.4) is 0 Å². The van der Waals surface area contributed by atoms with Gasteiger partial charge in [0.05, 0.1) is 6.04 Å². The van der Waals surface area contributed by atoms with Gasteiger partial charge in [-0.3, -0.25) is 43.3 Å². The van der Waals surface area contributed by atoms with Crippen LogP contribution in [-0.4, -0.2) is 143 Å². The van der Waals surface area contributed by atoms with E-state index in [2.05, 4.69) is 52.5 Å². The topological polar surface area (TPSA) is 428 Å². The maximum atomic E-state index is 14.7. The number of unbranched alkanes of at least 4 members (excludes halogenated alkanes) is 2. The third kappa shape index (κ3) is 22.8. The number of nitrogens with zero attached hydrogens (tertiary/aromatic N) is 1. The van der Waals surface area contributed by atoms with Crippen molar-refractivity contribution in [3.05, 3.63) is 71.9 Å². The summed E-state index contributed by atoms with van der Waals surface area (Å²) in [6.45, 7) is 12.2. The molecule has 0 aliphatic carbocycles. The average molecular weight is 1130 g/mol. The molecule has 0 bridgehead atoms. The number of amides is 8. The largest absolute Gasteiger partial charge is 0.480 e. The fourth-order valence-corrected chi connectivity index (χ4v) is 8.80. The summed E-state index contributed by atoms with van der Waals surface area (Å²) < 4.78 is 0. The summed E-state index contributed by atoms with van der Waals surface area (Å²) in [4.78, 5) is 132. The highest BCUT2D eigenvalue weighted by Crippen LogP contribution is 2.20. The Hall–Kier alpha value is -7.64. The predicted molar refractivity (Wildman–Crippen MR) is 309 cm³/mol. The first-order chi connectivity index (χ1) is 38.4. The standard InChI is InChI=1S/C56H89N15O10/c1-31(2)44(69-47(72)34(7)59)54(79)68-43(29-36-30-63-38-21-12-11-20-37(36)38)51(76)65-39(22-13-15-25-57)49(74)67-42(28-35-18-9-8-10-19-35)52(77)70-45(32(3)4)53(78)66-40(23-14-16-26-58)48(73)64-41(24-17-27-62-56(60)61)50(75)71-46(33(5)6)55(80)81/h8-12,18-21,30-34,39-46,63H,13-17,22-29,57-59H2,1-7H3,(H,64,73)(H,65,76)(H,66,78)(H,67,74)(H,68,79)(H,69,72)(H,70,77)(H,71,75)(H,80,81)(H4,60,61,62)/t34-,39-,40-,41-,42-,43-,44-,45-,46-/m0/s1. The molecule has 2 aromatic carbocycles. The van der Waals surface area contributed by atoms with Gasteiger partial charge >= 0.3 is 5.97 Å². The minimum atomic E-state index is -1.34. The number of fused-ring (bicyclic) bond motifs is 1. The molecule has 8 amide bonds. The van der Waals surface area contributed by atoms with Gasteiger partial charge in [0.25, 0.3) is 0 Å².